The molecule has 0 bridgehead atoms. The van der Waals surface area contributed by atoms with Crippen molar-refractivity contribution in [3.8, 4) is 5.75 Å². The molecule has 1 unspecified atom stereocenters. The SMILES string of the molecule is CCCN(C1CNC1)C(C)c1ccc(O)cc1F. The zero-order chi connectivity index (χ0) is 13.1. The molecule has 1 aliphatic heterocycles. The molecule has 1 fully saturated rings. The fourth-order valence-electron chi connectivity index (χ4n) is 2.49. The Morgan fingerprint density at radius 2 is 2.22 bits per heavy atom. The molecule has 2 rings (SSSR count). The summed E-state index contributed by atoms with van der Waals surface area (Å²) < 4.78 is 13.9. The molecule has 0 spiro atoms. The van der Waals surface area contributed by atoms with E-state index in [-0.39, 0.29) is 17.6 Å². The van der Waals surface area contributed by atoms with E-state index >= 15 is 0 Å². The maximum Gasteiger partial charge on any atom is 0.131 e. The van der Waals surface area contributed by atoms with Crippen LogP contribution >= 0.6 is 0 Å². The first-order chi connectivity index (χ1) is 8.63. The highest BCUT2D eigenvalue weighted by molar-refractivity contribution is 5.29. The molecule has 1 aromatic rings. The van der Waals surface area contributed by atoms with Crippen LogP contribution in [-0.2, 0) is 0 Å². The van der Waals surface area contributed by atoms with Crippen molar-refractivity contribution in [1.29, 1.82) is 0 Å². The van der Waals surface area contributed by atoms with Crippen molar-refractivity contribution in [2.75, 3.05) is 19.6 Å². The summed E-state index contributed by atoms with van der Waals surface area (Å²) >= 11 is 0. The molecule has 0 aliphatic carbocycles. The summed E-state index contributed by atoms with van der Waals surface area (Å²) in [6, 6.07) is 4.96. The first kappa shape index (κ1) is 13.3. The van der Waals surface area contributed by atoms with E-state index in [0.717, 1.165) is 26.1 Å². The summed E-state index contributed by atoms with van der Waals surface area (Å²) in [4.78, 5) is 2.34. The van der Waals surface area contributed by atoms with Crippen molar-refractivity contribution in [3.63, 3.8) is 0 Å². The number of nitrogens with one attached hydrogen (secondary N) is 1. The van der Waals surface area contributed by atoms with Crippen LogP contribution in [0.25, 0.3) is 0 Å². The number of hydrogen-bond acceptors (Lipinski definition) is 3. The Labute approximate surface area is 108 Å². The Hall–Kier alpha value is -1.13. The number of rotatable bonds is 5. The quantitative estimate of drug-likeness (QED) is 0.844. The number of benzene rings is 1. The van der Waals surface area contributed by atoms with Gasteiger partial charge in [0.2, 0.25) is 0 Å². The van der Waals surface area contributed by atoms with E-state index < -0.39 is 0 Å². The number of phenols is 1. The number of nitrogens with zero attached hydrogens (tertiary/aromatic N) is 1. The number of phenolic OH excluding ortho intramolecular Hbond substituents is 1. The van der Waals surface area contributed by atoms with E-state index in [2.05, 4.69) is 17.1 Å². The average molecular weight is 252 g/mol. The highest BCUT2D eigenvalue weighted by Gasteiger charge is 2.29. The number of hydrogen-bond donors (Lipinski definition) is 2. The fourth-order valence-corrected chi connectivity index (χ4v) is 2.49. The zero-order valence-electron chi connectivity index (χ0n) is 11.0. The van der Waals surface area contributed by atoms with Gasteiger partial charge in [-0.3, -0.25) is 4.90 Å². The minimum absolute atomic E-state index is 0.0178. The Morgan fingerprint density at radius 3 is 2.72 bits per heavy atom. The highest BCUT2D eigenvalue weighted by atomic mass is 19.1. The van der Waals surface area contributed by atoms with Crippen LogP contribution in [0.3, 0.4) is 0 Å². The van der Waals surface area contributed by atoms with Crippen LogP contribution in [0.5, 0.6) is 5.75 Å². The molecule has 1 aromatic carbocycles. The lowest BCUT2D eigenvalue weighted by atomic mass is 10.0. The second-order valence-electron chi connectivity index (χ2n) is 4.93. The molecule has 0 radical (unpaired) electrons. The van der Waals surface area contributed by atoms with E-state index in [1.165, 1.54) is 6.07 Å². The van der Waals surface area contributed by atoms with Crippen LogP contribution in [0.1, 0.15) is 31.9 Å². The van der Waals surface area contributed by atoms with E-state index in [0.29, 0.717) is 11.6 Å². The fraction of sp³-hybridized carbons (Fsp3) is 0.571. The molecular formula is C14H21FN2O. The molecule has 18 heavy (non-hydrogen) atoms. The van der Waals surface area contributed by atoms with Crippen LogP contribution < -0.4 is 5.32 Å². The minimum atomic E-state index is -0.323. The Bertz CT molecular complexity index is 407. The standard InChI is InChI=1S/C14H21FN2O/c1-3-6-17(11-8-16-9-11)10(2)13-5-4-12(18)7-14(13)15/h4-5,7,10-11,16,18H,3,6,8-9H2,1-2H3. The molecule has 4 heteroatoms. The third kappa shape index (κ3) is 2.65. The minimum Gasteiger partial charge on any atom is -0.508 e. The van der Waals surface area contributed by atoms with Crippen LogP contribution in [0.15, 0.2) is 18.2 Å². The summed E-state index contributed by atoms with van der Waals surface area (Å²) in [5, 5.41) is 12.5. The molecule has 3 nitrogen and oxygen atoms in total. The number of aromatic hydroxyl groups is 1. The van der Waals surface area contributed by atoms with Gasteiger partial charge in [0.15, 0.2) is 0 Å². The second-order valence-corrected chi connectivity index (χ2v) is 4.93. The summed E-state index contributed by atoms with van der Waals surface area (Å²) in [5.74, 6) is -0.341. The lowest BCUT2D eigenvalue weighted by molar-refractivity contribution is 0.101. The van der Waals surface area contributed by atoms with Crippen molar-refractivity contribution >= 4 is 0 Å². The van der Waals surface area contributed by atoms with Crippen molar-refractivity contribution < 1.29 is 9.50 Å². The van der Waals surface area contributed by atoms with Gasteiger partial charge in [0.1, 0.15) is 11.6 Å². The summed E-state index contributed by atoms with van der Waals surface area (Å²) in [6.07, 6.45) is 1.06. The van der Waals surface area contributed by atoms with E-state index in [4.69, 9.17) is 0 Å². The summed E-state index contributed by atoms with van der Waals surface area (Å²) in [7, 11) is 0. The Balaban J connectivity index is 2.18. The molecule has 2 N–H and O–H groups in total. The molecule has 1 aliphatic rings. The van der Waals surface area contributed by atoms with E-state index in [1.807, 2.05) is 6.92 Å². The molecule has 1 saturated heterocycles. The van der Waals surface area contributed by atoms with Crippen LogP contribution in [0.4, 0.5) is 4.39 Å². The third-order valence-electron chi connectivity index (χ3n) is 3.64. The van der Waals surface area contributed by atoms with Crippen LogP contribution in [0.2, 0.25) is 0 Å². The van der Waals surface area contributed by atoms with Crippen LogP contribution in [-0.4, -0.2) is 35.7 Å². The summed E-state index contributed by atoms with van der Waals surface area (Å²) in [6.45, 7) is 7.09. The van der Waals surface area contributed by atoms with Gasteiger partial charge in [0, 0.05) is 36.8 Å². The van der Waals surface area contributed by atoms with Crippen molar-refractivity contribution in [3.05, 3.63) is 29.6 Å². The van der Waals surface area contributed by atoms with E-state index in [9.17, 15) is 9.50 Å². The smallest absolute Gasteiger partial charge is 0.131 e. The van der Waals surface area contributed by atoms with Crippen molar-refractivity contribution in [2.45, 2.75) is 32.4 Å². The first-order valence-corrected chi connectivity index (χ1v) is 6.58. The van der Waals surface area contributed by atoms with Gasteiger partial charge >= 0.3 is 0 Å². The van der Waals surface area contributed by atoms with Crippen molar-refractivity contribution in [1.82, 2.24) is 10.2 Å². The lowest BCUT2D eigenvalue weighted by Gasteiger charge is -2.42. The maximum absolute atomic E-state index is 13.9. The van der Waals surface area contributed by atoms with Gasteiger partial charge < -0.3 is 10.4 Å². The second kappa shape index (κ2) is 5.67. The Morgan fingerprint density at radius 1 is 1.50 bits per heavy atom. The molecule has 0 saturated carbocycles. The highest BCUT2D eigenvalue weighted by Crippen LogP contribution is 2.28. The largest absolute Gasteiger partial charge is 0.508 e. The van der Waals surface area contributed by atoms with Gasteiger partial charge in [0.05, 0.1) is 0 Å². The first-order valence-electron chi connectivity index (χ1n) is 6.58. The molecule has 0 aromatic heterocycles. The topological polar surface area (TPSA) is 35.5 Å². The zero-order valence-corrected chi connectivity index (χ0v) is 11.0. The van der Waals surface area contributed by atoms with Gasteiger partial charge in [-0.1, -0.05) is 13.0 Å². The van der Waals surface area contributed by atoms with Crippen molar-refractivity contribution in [2.24, 2.45) is 0 Å². The molecule has 1 atom stereocenters. The third-order valence-corrected chi connectivity index (χ3v) is 3.64. The average Bonchev–Trinajstić information content (AvgIpc) is 2.25. The van der Waals surface area contributed by atoms with E-state index in [1.54, 1.807) is 12.1 Å². The number of halogens is 1. The predicted molar refractivity (Wildman–Crippen MR) is 70.1 cm³/mol. The maximum atomic E-state index is 13.9. The normalized spacial score (nSPS) is 17.8. The molecule has 1 heterocycles. The van der Waals surface area contributed by atoms with Gasteiger partial charge in [-0.25, -0.2) is 4.39 Å². The predicted octanol–water partition coefficient (Wildman–Crippen LogP) is 2.28. The van der Waals surface area contributed by atoms with Gasteiger partial charge in [0.25, 0.3) is 0 Å². The van der Waals surface area contributed by atoms with Crippen LogP contribution in [0, 0.1) is 5.82 Å². The molecule has 100 valence electrons. The van der Waals surface area contributed by atoms with Gasteiger partial charge in [-0.15, -0.1) is 0 Å². The lowest BCUT2D eigenvalue weighted by Crippen LogP contribution is -2.57. The monoisotopic (exact) mass is 252 g/mol. The van der Waals surface area contributed by atoms with Gasteiger partial charge in [-0.05, 0) is 26.0 Å². The Kier molecular flexibility index (Phi) is 4.19. The van der Waals surface area contributed by atoms with Gasteiger partial charge in [-0.2, -0.15) is 0 Å². The molecule has 0 amide bonds. The summed E-state index contributed by atoms with van der Waals surface area (Å²) in [5.41, 5.74) is 0.660. The molecular weight excluding hydrogens is 231 g/mol.